The van der Waals surface area contributed by atoms with Crippen molar-refractivity contribution in [1.82, 2.24) is 9.97 Å². The predicted molar refractivity (Wildman–Crippen MR) is 74.4 cm³/mol. The lowest BCUT2D eigenvalue weighted by atomic mass is 10.2. The maximum atomic E-state index is 11.2. The van der Waals surface area contributed by atoms with Crippen LogP contribution in [-0.2, 0) is 10.5 Å². The highest BCUT2D eigenvalue weighted by Crippen LogP contribution is 2.21. The molecule has 0 atom stereocenters. The Morgan fingerprint density at radius 2 is 2.00 bits per heavy atom. The van der Waals surface area contributed by atoms with Crippen LogP contribution in [0.2, 0.25) is 5.02 Å². The van der Waals surface area contributed by atoms with Crippen LogP contribution in [0.1, 0.15) is 16.1 Å². The molecule has 1 aromatic carbocycles. The summed E-state index contributed by atoms with van der Waals surface area (Å²) < 4.78 is 4.56. The number of rotatable bonds is 4. The van der Waals surface area contributed by atoms with Gasteiger partial charge in [-0.15, -0.1) is 11.8 Å². The molecule has 0 N–H and O–H groups in total. The third kappa shape index (κ3) is 3.94. The quantitative estimate of drug-likeness (QED) is 0.640. The van der Waals surface area contributed by atoms with Crippen molar-refractivity contribution < 1.29 is 9.53 Å². The monoisotopic (exact) mass is 294 g/mol. The molecule has 0 spiro atoms. The van der Waals surface area contributed by atoms with Crippen LogP contribution in [0.4, 0.5) is 0 Å². The van der Waals surface area contributed by atoms with Crippen molar-refractivity contribution in [2.45, 2.75) is 10.8 Å². The number of esters is 1. The summed E-state index contributed by atoms with van der Waals surface area (Å²) in [6.07, 6.45) is 2.98. The van der Waals surface area contributed by atoms with E-state index in [-0.39, 0.29) is 5.69 Å². The molecular weight excluding hydrogens is 284 g/mol. The molecule has 2 rings (SSSR count). The molecule has 1 heterocycles. The molecule has 0 radical (unpaired) electrons. The van der Waals surface area contributed by atoms with Crippen molar-refractivity contribution in [3.05, 3.63) is 52.9 Å². The zero-order valence-corrected chi connectivity index (χ0v) is 11.7. The lowest BCUT2D eigenvalue weighted by Crippen LogP contribution is -2.04. The molecule has 0 bridgehead atoms. The fourth-order valence-corrected chi connectivity index (χ4v) is 2.23. The molecule has 0 saturated heterocycles. The Morgan fingerprint density at radius 3 is 2.58 bits per heavy atom. The normalized spacial score (nSPS) is 10.2. The fraction of sp³-hybridized carbons (Fsp3) is 0.154. The number of halogens is 1. The van der Waals surface area contributed by atoms with E-state index in [2.05, 4.69) is 14.7 Å². The van der Waals surface area contributed by atoms with Crippen molar-refractivity contribution in [2.75, 3.05) is 7.11 Å². The summed E-state index contributed by atoms with van der Waals surface area (Å²) in [7, 11) is 1.31. The summed E-state index contributed by atoms with van der Waals surface area (Å²) in [5.41, 5.74) is 1.35. The molecule has 0 unspecified atom stereocenters. The summed E-state index contributed by atoms with van der Waals surface area (Å²) >= 11 is 7.36. The summed E-state index contributed by atoms with van der Waals surface area (Å²) in [5.74, 6) is 0.283. The molecule has 0 aliphatic heterocycles. The minimum Gasteiger partial charge on any atom is -0.464 e. The lowest BCUT2D eigenvalue weighted by molar-refractivity contribution is 0.0593. The minimum absolute atomic E-state index is 0.207. The summed E-state index contributed by atoms with van der Waals surface area (Å²) in [5, 5.41) is 1.47. The Labute approximate surface area is 120 Å². The van der Waals surface area contributed by atoms with Gasteiger partial charge in [-0.05, 0) is 17.7 Å². The van der Waals surface area contributed by atoms with Crippen molar-refractivity contribution in [1.29, 1.82) is 0 Å². The standard InChI is InChI=1S/C13H11ClN2O2S/c1-18-13(17)11-6-16-12(7-15-11)19-8-9-2-4-10(14)5-3-9/h2-7H,8H2,1H3. The molecule has 0 aliphatic carbocycles. The highest BCUT2D eigenvalue weighted by molar-refractivity contribution is 7.98. The van der Waals surface area contributed by atoms with E-state index in [1.54, 1.807) is 6.20 Å². The van der Waals surface area contributed by atoms with E-state index in [0.717, 1.165) is 21.4 Å². The molecular formula is C13H11ClN2O2S. The second kappa shape index (κ2) is 6.54. The molecule has 19 heavy (non-hydrogen) atoms. The molecule has 2 aromatic rings. The predicted octanol–water partition coefficient (Wildman–Crippen LogP) is 3.21. The SMILES string of the molecule is COC(=O)c1cnc(SCc2ccc(Cl)cc2)cn1. The molecule has 1 aromatic heterocycles. The summed E-state index contributed by atoms with van der Waals surface area (Å²) in [4.78, 5) is 19.3. The number of carbonyl (C=O) groups is 1. The number of aromatic nitrogens is 2. The number of hydrogen-bond donors (Lipinski definition) is 0. The first kappa shape index (κ1) is 13.8. The van der Waals surface area contributed by atoms with E-state index in [4.69, 9.17) is 11.6 Å². The number of thioether (sulfide) groups is 1. The Balaban J connectivity index is 1.96. The zero-order chi connectivity index (χ0) is 13.7. The van der Waals surface area contributed by atoms with E-state index in [0.29, 0.717) is 0 Å². The van der Waals surface area contributed by atoms with Gasteiger partial charge in [-0.25, -0.2) is 14.8 Å². The highest BCUT2D eigenvalue weighted by Gasteiger charge is 2.07. The average molecular weight is 295 g/mol. The fourth-order valence-electron chi connectivity index (χ4n) is 1.34. The van der Waals surface area contributed by atoms with E-state index < -0.39 is 5.97 Å². The molecule has 0 fully saturated rings. The largest absolute Gasteiger partial charge is 0.464 e. The van der Waals surface area contributed by atoms with Crippen LogP contribution >= 0.6 is 23.4 Å². The van der Waals surface area contributed by atoms with Gasteiger partial charge < -0.3 is 4.74 Å². The molecule has 0 amide bonds. The third-order valence-electron chi connectivity index (χ3n) is 2.32. The van der Waals surface area contributed by atoms with Gasteiger partial charge in [-0.1, -0.05) is 23.7 Å². The molecule has 4 nitrogen and oxygen atoms in total. The van der Waals surface area contributed by atoms with Gasteiger partial charge in [0.15, 0.2) is 5.69 Å². The molecule has 0 aliphatic rings. The Kier molecular flexibility index (Phi) is 4.76. The number of benzene rings is 1. The zero-order valence-electron chi connectivity index (χ0n) is 10.2. The van der Waals surface area contributed by atoms with E-state index >= 15 is 0 Å². The third-order valence-corrected chi connectivity index (χ3v) is 3.56. The smallest absolute Gasteiger partial charge is 0.358 e. The van der Waals surface area contributed by atoms with Gasteiger partial charge in [-0.3, -0.25) is 0 Å². The van der Waals surface area contributed by atoms with Crippen LogP contribution < -0.4 is 0 Å². The van der Waals surface area contributed by atoms with Gasteiger partial charge in [0, 0.05) is 10.8 Å². The molecule has 6 heteroatoms. The van der Waals surface area contributed by atoms with Gasteiger partial charge in [-0.2, -0.15) is 0 Å². The maximum absolute atomic E-state index is 11.2. The van der Waals surface area contributed by atoms with Crippen molar-refractivity contribution >= 4 is 29.3 Å². The number of nitrogens with zero attached hydrogens (tertiary/aromatic N) is 2. The van der Waals surface area contributed by atoms with Gasteiger partial charge in [0.05, 0.1) is 19.5 Å². The van der Waals surface area contributed by atoms with Gasteiger partial charge >= 0.3 is 5.97 Å². The number of methoxy groups -OCH3 is 1. The molecule has 98 valence electrons. The number of carbonyl (C=O) groups excluding carboxylic acids is 1. The second-order valence-corrected chi connectivity index (χ2v) is 5.08. The van der Waals surface area contributed by atoms with E-state index in [1.807, 2.05) is 24.3 Å². The minimum atomic E-state index is -0.484. The average Bonchev–Trinajstić information content (AvgIpc) is 2.46. The highest BCUT2D eigenvalue weighted by atomic mass is 35.5. The van der Waals surface area contributed by atoms with Crippen LogP contribution in [-0.4, -0.2) is 23.0 Å². The number of hydrogen-bond acceptors (Lipinski definition) is 5. The topological polar surface area (TPSA) is 52.1 Å². The van der Waals surface area contributed by atoms with Gasteiger partial charge in [0.2, 0.25) is 0 Å². The Hall–Kier alpha value is -1.59. The first-order valence-corrected chi connectivity index (χ1v) is 6.83. The van der Waals surface area contributed by atoms with Crippen LogP contribution in [0, 0.1) is 0 Å². The Bertz CT molecular complexity index is 558. The van der Waals surface area contributed by atoms with Crippen molar-refractivity contribution in [3.63, 3.8) is 0 Å². The Morgan fingerprint density at radius 1 is 1.26 bits per heavy atom. The van der Waals surface area contributed by atoms with Crippen LogP contribution in [0.15, 0.2) is 41.7 Å². The first-order valence-electron chi connectivity index (χ1n) is 5.46. The van der Waals surface area contributed by atoms with Crippen LogP contribution in [0.5, 0.6) is 0 Å². The van der Waals surface area contributed by atoms with Gasteiger partial charge in [0.25, 0.3) is 0 Å². The van der Waals surface area contributed by atoms with Crippen molar-refractivity contribution in [2.24, 2.45) is 0 Å². The second-order valence-electron chi connectivity index (χ2n) is 3.65. The summed E-state index contributed by atoms with van der Waals surface area (Å²) in [6.45, 7) is 0. The van der Waals surface area contributed by atoms with Crippen molar-refractivity contribution in [3.8, 4) is 0 Å². The van der Waals surface area contributed by atoms with Crippen LogP contribution in [0.25, 0.3) is 0 Å². The summed E-state index contributed by atoms with van der Waals surface area (Å²) in [6, 6.07) is 7.63. The molecule has 0 saturated carbocycles. The first-order chi connectivity index (χ1) is 9.19. The maximum Gasteiger partial charge on any atom is 0.358 e. The van der Waals surface area contributed by atoms with E-state index in [1.165, 1.54) is 25.1 Å². The number of ether oxygens (including phenoxy) is 1. The lowest BCUT2D eigenvalue weighted by Gasteiger charge is -2.02. The van der Waals surface area contributed by atoms with Crippen LogP contribution in [0.3, 0.4) is 0 Å². The van der Waals surface area contributed by atoms with E-state index in [9.17, 15) is 4.79 Å². The van der Waals surface area contributed by atoms with Gasteiger partial charge in [0.1, 0.15) is 5.03 Å².